The van der Waals surface area contributed by atoms with E-state index in [1.807, 2.05) is 12.1 Å². The van der Waals surface area contributed by atoms with E-state index in [1.54, 1.807) is 0 Å². The maximum Gasteiger partial charge on any atom is 0.160 e. The van der Waals surface area contributed by atoms with Crippen molar-refractivity contribution in [1.29, 1.82) is 0 Å². The Labute approximate surface area is 115 Å². The zero-order valence-corrected chi connectivity index (χ0v) is 12.1. The third kappa shape index (κ3) is 2.29. The van der Waals surface area contributed by atoms with Gasteiger partial charge in [-0.1, -0.05) is 6.92 Å². The summed E-state index contributed by atoms with van der Waals surface area (Å²) in [4.78, 5) is 2.50. The van der Waals surface area contributed by atoms with Gasteiger partial charge in [-0.15, -0.1) is 10.2 Å². The van der Waals surface area contributed by atoms with E-state index < -0.39 is 0 Å². The second-order valence-corrected chi connectivity index (χ2v) is 5.86. The number of hydrogen-bond acceptors (Lipinski definition) is 3. The summed E-state index contributed by atoms with van der Waals surface area (Å²) in [6.45, 7) is 5.80. The summed E-state index contributed by atoms with van der Waals surface area (Å²) in [5.74, 6) is 1.80. The average molecular weight is 309 g/mol. The summed E-state index contributed by atoms with van der Waals surface area (Å²) >= 11 is 3.50. The lowest BCUT2D eigenvalue weighted by Crippen LogP contribution is -2.20. The molecule has 1 saturated heterocycles. The fraction of sp³-hybridized carbons (Fsp3) is 0.538. The van der Waals surface area contributed by atoms with Crippen LogP contribution in [0.5, 0.6) is 0 Å². The van der Waals surface area contributed by atoms with Crippen molar-refractivity contribution in [1.82, 2.24) is 19.5 Å². The van der Waals surface area contributed by atoms with E-state index in [0.717, 1.165) is 34.8 Å². The van der Waals surface area contributed by atoms with Gasteiger partial charge in [-0.05, 0) is 53.5 Å². The fourth-order valence-corrected chi connectivity index (χ4v) is 3.01. The standard InChI is InChI=1S/C13H17BrN4/c1-2-17-6-5-10(8-17)7-13-16-15-12-4-3-11(14)9-18(12)13/h3-4,9-10H,2,5-8H2,1H3. The van der Waals surface area contributed by atoms with Crippen molar-refractivity contribution in [2.45, 2.75) is 19.8 Å². The van der Waals surface area contributed by atoms with E-state index in [1.165, 1.54) is 19.5 Å². The van der Waals surface area contributed by atoms with Crippen molar-refractivity contribution < 1.29 is 0 Å². The van der Waals surface area contributed by atoms with Crippen LogP contribution in [-0.4, -0.2) is 39.1 Å². The molecule has 2 aromatic heterocycles. The van der Waals surface area contributed by atoms with Gasteiger partial charge in [0.25, 0.3) is 0 Å². The molecule has 4 nitrogen and oxygen atoms in total. The highest BCUT2D eigenvalue weighted by molar-refractivity contribution is 9.10. The van der Waals surface area contributed by atoms with Gasteiger partial charge in [0.2, 0.25) is 0 Å². The first-order valence-corrected chi connectivity index (χ1v) is 7.27. The van der Waals surface area contributed by atoms with Crippen molar-refractivity contribution in [2.75, 3.05) is 19.6 Å². The van der Waals surface area contributed by atoms with Crippen LogP contribution >= 0.6 is 15.9 Å². The topological polar surface area (TPSA) is 33.4 Å². The van der Waals surface area contributed by atoms with Crippen molar-refractivity contribution in [3.8, 4) is 0 Å². The average Bonchev–Trinajstić information content (AvgIpc) is 2.97. The van der Waals surface area contributed by atoms with E-state index in [-0.39, 0.29) is 0 Å². The number of likely N-dealkylation sites (tertiary alicyclic amines) is 1. The highest BCUT2D eigenvalue weighted by Crippen LogP contribution is 2.21. The maximum absolute atomic E-state index is 4.32. The number of nitrogens with zero attached hydrogens (tertiary/aromatic N) is 4. The summed E-state index contributed by atoms with van der Waals surface area (Å²) in [7, 11) is 0. The quantitative estimate of drug-likeness (QED) is 0.873. The lowest BCUT2D eigenvalue weighted by molar-refractivity contribution is 0.340. The third-order valence-corrected chi connectivity index (χ3v) is 4.19. The molecule has 0 amide bonds. The molecule has 1 unspecified atom stereocenters. The van der Waals surface area contributed by atoms with E-state index in [2.05, 4.69) is 48.5 Å². The zero-order valence-electron chi connectivity index (χ0n) is 10.5. The molecular weight excluding hydrogens is 292 g/mol. The van der Waals surface area contributed by atoms with E-state index in [9.17, 15) is 0 Å². The monoisotopic (exact) mass is 308 g/mol. The highest BCUT2D eigenvalue weighted by Gasteiger charge is 2.23. The van der Waals surface area contributed by atoms with Gasteiger partial charge in [-0.3, -0.25) is 4.40 Å². The van der Waals surface area contributed by atoms with Crippen molar-refractivity contribution >= 4 is 21.6 Å². The molecule has 18 heavy (non-hydrogen) atoms. The highest BCUT2D eigenvalue weighted by atomic mass is 79.9. The molecule has 0 saturated carbocycles. The van der Waals surface area contributed by atoms with Gasteiger partial charge >= 0.3 is 0 Å². The Kier molecular flexibility index (Phi) is 3.35. The molecule has 0 N–H and O–H groups in total. The molecule has 5 heteroatoms. The number of aromatic nitrogens is 3. The van der Waals surface area contributed by atoms with Gasteiger partial charge in [0.05, 0.1) is 0 Å². The van der Waals surface area contributed by atoms with Gasteiger partial charge in [-0.25, -0.2) is 0 Å². The Bertz CT molecular complexity index is 551. The van der Waals surface area contributed by atoms with Crippen LogP contribution < -0.4 is 0 Å². The first-order chi connectivity index (χ1) is 8.76. The minimum absolute atomic E-state index is 0.719. The SMILES string of the molecule is CCN1CCC(Cc2nnc3ccc(Br)cn23)C1. The predicted molar refractivity (Wildman–Crippen MR) is 74.6 cm³/mol. The molecule has 0 aromatic carbocycles. The fourth-order valence-electron chi connectivity index (χ4n) is 2.68. The smallest absolute Gasteiger partial charge is 0.160 e. The van der Waals surface area contributed by atoms with Gasteiger partial charge < -0.3 is 4.90 Å². The van der Waals surface area contributed by atoms with Crippen molar-refractivity contribution in [3.63, 3.8) is 0 Å². The van der Waals surface area contributed by atoms with E-state index in [0.29, 0.717) is 0 Å². The van der Waals surface area contributed by atoms with Crippen LogP contribution in [-0.2, 0) is 6.42 Å². The number of fused-ring (bicyclic) bond motifs is 1. The van der Waals surface area contributed by atoms with Crippen LogP contribution in [0.15, 0.2) is 22.8 Å². The van der Waals surface area contributed by atoms with Gasteiger partial charge in [0, 0.05) is 23.6 Å². The molecule has 96 valence electrons. The molecular formula is C13H17BrN4. The Hall–Kier alpha value is -0.940. The predicted octanol–water partition coefficient (Wildman–Crippen LogP) is 2.38. The third-order valence-electron chi connectivity index (χ3n) is 3.73. The van der Waals surface area contributed by atoms with Crippen LogP contribution in [0, 0.1) is 5.92 Å². The molecule has 1 aliphatic heterocycles. The Morgan fingerprint density at radius 1 is 1.39 bits per heavy atom. The summed E-state index contributed by atoms with van der Waals surface area (Å²) < 4.78 is 3.16. The van der Waals surface area contributed by atoms with Crippen LogP contribution in [0.25, 0.3) is 5.65 Å². The van der Waals surface area contributed by atoms with Crippen LogP contribution in [0.4, 0.5) is 0 Å². The second-order valence-electron chi connectivity index (χ2n) is 4.94. The molecule has 2 aromatic rings. The lowest BCUT2D eigenvalue weighted by atomic mass is 10.0. The minimum atomic E-state index is 0.719. The summed E-state index contributed by atoms with van der Waals surface area (Å²) in [5, 5.41) is 8.54. The first kappa shape index (κ1) is 12.1. The molecule has 1 aliphatic rings. The number of rotatable bonds is 3. The summed E-state index contributed by atoms with van der Waals surface area (Å²) in [5.41, 5.74) is 0.929. The molecule has 3 heterocycles. The van der Waals surface area contributed by atoms with E-state index >= 15 is 0 Å². The number of halogens is 1. The molecule has 3 rings (SSSR count). The van der Waals surface area contributed by atoms with Crippen LogP contribution in [0.3, 0.4) is 0 Å². The Morgan fingerprint density at radius 3 is 3.06 bits per heavy atom. The van der Waals surface area contributed by atoms with Gasteiger partial charge in [0.1, 0.15) is 5.82 Å². The van der Waals surface area contributed by atoms with E-state index in [4.69, 9.17) is 0 Å². The van der Waals surface area contributed by atoms with Crippen molar-refractivity contribution in [2.24, 2.45) is 5.92 Å². The normalized spacial score (nSPS) is 20.9. The summed E-state index contributed by atoms with van der Waals surface area (Å²) in [6.07, 6.45) is 4.35. The van der Waals surface area contributed by atoms with Crippen LogP contribution in [0.2, 0.25) is 0 Å². The summed E-state index contributed by atoms with van der Waals surface area (Å²) in [6, 6.07) is 4.00. The van der Waals surface area contributed by atoms with Crippen molar-refractivity contribution in [3.05, 3.63) is 28.6 Å². The van der Waals surface area contributed by atoms with Crippen LogP contribution in [0.1, 0.15) is 19.2 Å². The largest absolute Gasteiger partial charge is 0.303 e. The molecule has 0 radical (unpaired) electrons. The molecule has 0 aliphatic carbocycles. The molecule has 1 atom stereocenters. The Morgan fingerprint density at radius 2 is 2.28 bits per heavy atom. The number of pyridine rings is 1. The minimum Gasteiger partial charge on any atom is -0.303 e. The van der Waals surface area contributed by atoms with Gasteiger partial charge in [-0.2, -0.15) is 0 Å². The maximum atomic E-state index is 4.32. The second kappa shape index (κ2) is 4.97. The molecule has 0 bridgehead atoms. The molecule has 1 fully saturated rings. The lowest BCUT2D eigenvalue weighted by Gasteiger charge is -2.12. The first-order valence-electron chi connectivity index (χ1n) is 6.48. The number of hydrogen-bond donors (Lipinski definition) is 0. The Balaban J connectivity index is 1.80. The molecule has 0 spiro atoms. The van der Waals surface area contributed by atoms with Gasteiger partial charge in [0.15, 0.2) is 5.65 Å². The zero-order chi connectivity index (χ0) is 12.5.